The van der Waals surface area contributed by atoms with Gasteiger partial charge in [-0.2, -0.15) is 0 Å². The van der Waals surface area contributed by atoms with E-state index in [1.54, 1.807) is 0 Å². The number of nitro groups is 1. The molecule has 0 aliphatic rings. The zero-order valence-electron chi connectivity index (χ0n) is 10.4. The number of hydrogen-bond acceptors (Lipinski definition) is 7. The SMILES string of the molecule is NNc1cnc(C(=O)Nc2ccc(Br)c([N+](=O)[O-])c2)cn1. The molecule has 0 bridgehead atoms. The second-order valence-corrected chi connectivity index (χ2v) is 4.66. The van der Waals surface area contributed by atoms with Gasteiger partial charge in [-0.25, -0.2) is 15.8 Å². The summed E-state index contributed by atoms with van der Waals surface area (Å²) < 4.78 is 0.323. The molecule has 0 aliphatic heterocycles. The first-order valence-corrected chi connectivity index (χ1v) is 6.34. The standard InChI is InChI=1S/C11H9BrN6O3/c12-7-2-1-6(3-9(7)18(20)21)16-11(19)8-4-15-10(17-13)5-14-8/h1-5H,13H2,(H,15,17)(H,16,19). The van der Waals surface area contributed by atoms with Crippen molar-refractivity contribution in [2.45, 2.75) is 0 Å². The predicted molar refractivity (Wildman–Crippen MR) is 78.6 cm³/mol. The maximum absolute atomic E-state index is 11.9. The van der Waals surface area contributed by atoms with Crippen LogP contribution in [0.5, 0.6) is 0 Å². The van der Waals surface area contributed by atoms with Crippen LogP contribution in [0.2, 0.25) is 0 Å². The predicted octanol–water partition coefficient (Wildman–Crippen LogP) is 1.69. The van der Waals surface area contributed by atoms with Crippen LogP contribution in [-0.2, 0) is 0 Å². The van der Waals surface area contributed by atoms with Gasteiger partial charge in [0.05, 0.1) is 21.8 Å². The van der Waals surface area contributed by atoms with Crippen LogP contribution in [0.3, 0.4) is 0 Å². The normalized spacial score (nSPS) is 10.0. The van der Waals surface area contributed by atoms with E-state index in [1.807, 2.05) is 0 Å². The van der Waals surface area contributed by atoms with Crippen LogP contribution in [0.4, 0.5) is 17.2 Å². The molecule has 0 saturated carbocycles. The topological polar surface area (TPSA) is 136 Å². The lowest BCUT2D eigenvalue weighted by Gasteiger charge is -2.05. The number of nitrogens with two attached hydrogens (primary N) is 1. The van der Waals surface area contributed by atoms with E-state index in [9.17, 15) is 14.9 Å². The van der Waals surface area contributed by atoms with Crippen molar-refractivity contribution < 1.29 is 9.72 Å². The summed E-state index contributed by atoms with van der Waals surface area (Å²) in [6.45, 7) is 0. The van der Waals surface area contributed by atoms with Crippen molar-refractivity contribution >= 4 is 39.0 Å². The highest BCUT2D eigenvalue weighted by atomic mass is 79.9. The summed E-state index contributed by atoms with van der Waals surface area (Å²) >= 11 is 3.06. The molecule has 10 heteroatoms. The first kappa shape index (κ1) is 14.8. The van der Waals surface area contributed by atoms with Crippen LogP contribution in [0.15, 0.2) is 35.1 Å². The van der Waals surface area contributed by atoms with E-state index < -0.39 is 10.8 Å². The van der Waals surface area contributed by atoms with Gasteiger partial charge in [0.25, 0.3) is 11.6 Å². The summed E-state index contributed by atoms with van der Waals surface area (Å²) in [5.41, 5.74) is 2.46. The lowest BCUT2D eigenvalue weighted by molar-refractivity contribution is -0.385. The van der Waals surface area contributed by atoms with Crippen LogP contribution >= 0.6 is 15.9 Å². The third-order valence-corrected chi connectivity index (χ3v) is 3.10. The monoisotopic (exact) mass is 352 g/mol. The molecular weight excluding hydrogens is 344 g/mol. The number of nitrogen functional groups attached to an aromatic ring is 1. The Bertz CT molecular complexity index is 691. The number of carbonyl (C=O) groups excluding carboxylic acids is 1. The molecule has 2 rings (SSSR count). The summed E-state index contributed by atoms with van der Waals surface area (Å²) in [5, 5.41) is 13.3. The number of aromatic nitrogens is 2. The Morgan fingerprint density at radius 1 is 1.33 bits per heavy atom. The fourth-order valence-corrected chi connectivity index (χ4v) is 1.84. The lowest BCUT2D eigenvalue weighted by atomic mass is 10.2. The van der Waals surface area contributed by atoms with Crippen molar-refractivity contribution in [3.05, 3.63) is 50.9 Å². The zero-order valence-corrected chi connectivity index (χ0v) is 12.0. The van der Waals surface area contributed by atoms with Gasteiger partial charge in [0.1, 0.15) is 5.69 Å². The van der Waals surface area contributed by atoms with Crippen molar-refractivity contribution in [3.8, 4) is 0 Å². The van der Waals surface area contributed by atoms with Crippen molar-refractivity contribution in [2.24, 2.45) is 5.84 Å². The molecule has 0 spiro atoms. The molecule has 0 radical (unpaired) electrons. The highest BCUT2D eigenvalue weighted by Crippen LogP contribution is 2.27. The number of benzene rings is 1. The van der Waals surface area contributed by atoms with Gasteiger partial charge in [0.15, 0.2) is 5.82 Å². The minimum Gasteiger partial charge on any atom is -0.320 e. The number of nitro benzene ring substituents is 1. The number of hydrogen-bond donors (Lipinski definition) is 3. The number of amides is 1. The van der Waals surface area contributed by atoms with Crippen molar-refractivity contribution in [2.75, 3.05) is 10.7 Å². The number of hydrazine groups is 1. The number of nitrogens with one attached hydrogen (secondary N) is 2. The van der Waals surface area contributed by atoms with Crippen LogP contribution in [0.25, 0.3) is 0 Å². The van der Waals surface area contributed by atoms with Gasteiger partial charge in [-0.15, -0.1) is 0 Å². The van der Waals surface area contributed by atoms with Gasteiger partial charge >= 0.3 is 0 Å². The summed E-state index contributed by atoms with van der Waals surface area (Å²) in [7, 11) is 0. The number of nitrogens with zero attached hydrogens (tertiary/aromatic N) is 3. The van der Waals surface area contributed by atoms with Crippen LogP contribution in [0, 0.1) is 10.1 Å². The summed E-state index contributed by atoms with van der Waals surface area (Å²) in [5.74, 6) is 4.91. The summed E-state index contributed by atoms with van der Waals surface area (Å²) in [6, 6.07) is 4.24. The molecule has 2 aromatic rings. The number of halogens is 1. The molecule has 1 amide bonds. The van der Waals surface area contributed by atoms with Crippen LogP contribution < -0.4 is 16.6 Å². The second kappa shape index (κ2) is 6.24. The van der Waals surface area contributed by atoms with Gasteiger partial charge < -0.3 is 10.7 Å². The third kappa shape index (κ3) is 3.49. The Labute approximate surface area is 126 Å². The van der Waals surface area contributed by atoms with E-state index in [1.165, 1.54) is 30.6 Å². The van der Waals surface area contributed by atoms with Crippen molar-refractivity contribution in [1.29, 1.82) is 0 Å². The first-order chi connectivity index (χ1) is 10.0. The van der Waals surface area contributed by atoms with E-state index in [-0.39, 0.29) is 17.1 Å². The molecule has 4 N–H and O–H groups in total. The molecule has 1 heterocycles. The van der Waals surface area contributed by atoms with E-state index >= 15 is 0 Å². The van der Waals surface area contributed by atoms with E-state index in [0.717, 1.165) is 0 Å². The third-order valence-electron chi connectivity index (χ3n) is 2.43. The first-order valence-electron chi connectivity index (χ1n) is 5.55. The minimum absolute atomic E-state index is 0.0552. The van der Waals surface area contributed by atoms with E-state index in [0.29, 0.717) is 10.3 Å². The number of carbonyl (C=O) groups is 1. The Kier molecular flexibility index (Phi) is 4.40. The average Bonchev–Trinajstić information content (AvgIpc) is 2.49. The fraction of sp³-hybridized carbons (Fsp3) is 0. The molecule has 0 atom stereocenters. The minimum atomic E-state index is -0.554. The van der Waals surface area contributed by atoms with Crippen molar-refractivity contribution in [1.82, 2.24) is 9.97 Å². The quantitative estimate of drug-likeness (QED) is 0.432. The summed E-state index contributed by atoms with van der Waals surface area (Å²) in [6.07, 6.45) is 2.52. The lowest BCUT2D eigenvalue weighted by Crippen LogP contribution is -2.15. The maximum Gasteiger partial charge on any atom is 0.285 e. The smallest absolute Gasteiger partial charge is 0.285 e. The molecule has 0 fully saturated rings. The van der Waals surface area contributed by atoms with E-state index in [4.69, 9.17) is 5.84 Å². The Balaban J connectivity index is 2.19. The Morgan fingerprint density at radius 2 is 2.10 bits per heavy atom. The number of rotatable bonds is 4. The van der Waals surface area contributed by atoms with Crippen LogP contribution in [-0.4, -0.2) is 20.8 Å². The molecule has 1 aromatic carbocycles. The van der Waals surface area contributed by atoms with Gasteiger partial charge in [-0.3, -0.25) is 14.9 Å². The molecule has 21 heavy (non-hydrogen) atoms. The Hall–Kier alpha value is -2.59. The Morgan fingerprint density at radius 3 is 2.67 bits per heavy atom. The van der Waals surface area contributed by atoms with Gasteiger partial charge in [-0.1, -0.05) is 0 Å². The maximum atomic E-state index is 11.9. The molecule has 1 aromatic heterocycles. The van der Waals surface area contributed by atoms with Crippen LogP contribution in [0.1, 0.15) is 10.5 Å². The second-order valence-electron chi connectivity index (χ2n) is 3.81. The number of anilines is 2. The molecular formula is C11H9BrN6O3. The summed E-state index contributed by atoms with van der Waals surface area (Å²) in [4.78, 5) is 29.9. The van der Waals surface area contributed by atoms with E-state index in [2.05, 4.69) is 36.6 Å². The van der Waals surface area contributed by atoms with Gasteiger partial charge in [0.2, 0.25) is 0 Å². The average molecular weight is 353 g/mol. The molecule has 0 saturated heterocycles. The fourth-order valence-electron chi connectivity index (χ4n) is 1.45. The highest BCUT2D eigenvalue weighted by Gasteiger charge is 2.14. The molecule has 0 aliphatic carbocycles. The largest absolute Gasteiger partial charge is 0.320 e. The van der Waals surface area contributed by atoms with Gasteiger partial charge in [-0.05, 0) is 28.1 Å². The molecule has 108 valence electrons. The van der Waals surface area contributed by atoms with Crippen molar-refractivity contribution in [3.63, 3.8) is 0 Å². The molecule has 9 nitrogen and oxygen atoms in total. The molecule has 0 unspecified atom stereocenters. The van der Waals surface area contributed by atoms with Gasteiger partial charge in [0, 0.05) is 11.8 Å². The zero-order chi connectivity index (χ0) is 15.4. The highest BCUT2D eigenvalue weighted by molar-refractivity contribution is 9.10.